The van der Waals surface area contributed by atoms with Crippen LogP contribution in [-0.4, -0.2) is 10.2 Å². The van der Waals surface area contributed by atoms with Crippen LogP contribution in [0.15, 0.2) is 6.07 Å². The monoisotopic (exact) mass is 230 g/mol. The van der Waals surface area contributed by atoms with E-state index in [4.69, 9.17) is 16.9 Å². The van der Waals surface area contributed by atoms with E-state index in [1.165, 1.54) is 6.92 Å². The van der Waals surface area contributed by atoms with Gasteiger partial charge < -0.3 is 0 Å². The molecule has 1 aromatic rings. The zero-order chi connectivity index (χ0) is 11.6. The molecule has 0 atom stereocenters. The molecule has 0 unspecified atom stereocenters. The number of nitriles is 1. The quantitative estimate of drug-likeness (QED) is 0.734. The molecule has 0 spiro atoms. The summed E-state index contributed by atoms with van der Waals surface area (Å²) in [5.41, 5.74) is -0.904. The second kappa shape index (κ2) is 4.32. The molecule has 0 aliphatic carbocycles. The molecular formula is C9H5ClF2N2O. The van der Waals surface area contributed by atoms with Crippen molar-refractivity contribution in [2.45, 2.75) is 13.3 Å². The van der Waals surface area contributed by atoms with Crippen molar-refractivity contribution in [3.05, 3.63) is 28.6 Å². The minimum atomic E-state index is -2.85. The highest BCUT2D eigenvalue weighted by atomic mass is 35.5. The predicted molar refractivity (Wildman–Crippen MR) is 48.8 cm³/mol. The largest absolute Gasteiger partial charge is 0.281 e. The number of aryl methyl sites for hydroxylation is 1. The lowest BCUT2D eigenvalue weighted by Gasteiger charge is -2.05. The Morgan fingerprint density at radius 3 is 2.67 bits per heavy atom. The van der Waals surface area contributed by atoms with Gasteiger partial charge in [-0.2, -0.15) is 5.26 Å². The molecule has 0 saturated heterocycles. The smallest absolute Gasteiger partial charge is 0.276 e. The third-order valence-corrected chi connectivity index (χ3v) is 1.99. The number of carbonyl (C=O) groups excluding carboxylic acids is 1. The maximum absolute atomic E-state index is 12.4. The normalized spacial score (nSPS) is 10.1. The summed E-state index contributed by atoms with van der Waals surface area (Å²) in [6, 6.07) is 2.57. The van der Waals surface area contributed by atoms with E-state index in [-0.39, 0.29) is 16.8 Å². The van der Waals surface area contributed by atoms with E-state index < -0.39 is 17.4 Å². The number of hydrogen-bond acceptors (Lipinski definition) is 3. The fourth-order valence-corrected chi connectivity index (χ4v) is 1.27. The lowest BCUT2D eigenvalue weighted by molar-refractivity contribution is 0.107. The summed E-state index contributed by atoms with van der Waals surface area (Å²) in [5.74, 6) is 0. The van der Waals surface area contributed by atoms with Gasteiger partial charge in [-0.15, -0.1) is 0 Å². The van der Waals surface area contributed by atoms with E-state index >= 15 is 0 Å². The number of halogens is 3. The maximum atomic E-state index is 12.4. The van der Waals surface area contributed by atoms with Gasteiger partial charge in [0.1, 0.15) is 11.8 Å². The Morgan fingerprint density at radius 2 is 2.27 bits per heavy atom. The van der Waals surface area contributed by atoms with Crippen molar-refractivity contribution in [1.82, 2.24) is 4.98 Å². The van der Waals surface area contributed by atoms with Crippen molar-refractivity contribution in [2.75, 3.05) is 0 Å². The maximum Gasteiger partial charge on any atom is 0.281 e. The fraction of sp³-hybridized carbons (Fsp3) is 0.222. The van der Waals surface area contributed by atoms with Crippen LogP contribution in [0.1, 0.15) is 33.7 Å². The minimum Gasteiger partial charge on any atom is -0.276 e. The summed E-state index contributed by atoms with van der Waals surface area (Å²) in [4.78, 5) is 14.3. The van der Waals surface area contributed by atoms with E-state index in [1.807, 2.05) is 0 Å². The van der Waals surface area contributed by atoms with Crippen LogP contribution in [0, 0.1) is 18.3 Å². The third-order valence-electron chi connectivity index (χ3n) is 1.78. The van der Waals surface area contributed by atoms with E-state index in [0.717, 1.165) is 6.07 Å². The lowest BCUT2D eigenvalue weighted by Crippen LogP contribution is -2.04. The van der Waals surface area contributed by atoms with Gasteiger partial charge in [0.05, 0.1) is 16.8 Å². The van der Waals surface area contributed by atoms with Gasteiger partial charge >= 0.3 is 0 Å². The van der Waals surface area contributed by atoms with Gasteiger partial charge in [0.15, 0.2) is 0 Å². The van der Waals surface area contributed by atoms with E-state index in [9.17, 15) is 13.6 Å². The third kappa shape index (κ3) is 2.28. The first-order chi connectivity index (χ1) is 6.97. The summed E-state index contributed by atoms with van der Waals surface area (Å²) >= 11 is 5.19. The predicted octanol–water partition coefficient (Wildman–Crippen LogP) is 2.58. The van der Waals surface area contributed by atoms with Crippen molar-refractivity contribution in [1.29, 1.82) is 5.26 Å². The molecule has 1 rings (SSSR count). The number of carbonyl (C=O) groups is 1. The van der Waals surface area contributed by atoms with E-state index in [2.05, 4.69) is 4.98 Å². The molecule has 6 heteroatoms. The van der Waals surface area contributed by atoms with Crippen LogP contribution in [0.4, 0.5) is 8.78 Å². The number of hydrogen-bond donors (Lipinski definition) is 0. The standard InChI is InChI=1S/C9H5ClF2N2O/c1-4-6(8(10)15)2-5(3-13)7(14-4)9(11)12/h2,9H,1H3. The number of rotatable bonds is 2. The molecule has 0 saturated carbocycles. The minimum absolute atomic E-state index is 0.0300. The molecule has 15 heavy (non-hydrogen) atoms. The Labute approximate surface area is 89.3 Å². The first kappa shape index (κ1) is 11.5. The molecule has 1 heterocycles. The number of nitrogens with zero attached hydrogens (tertiary/aromatic N) is 2. The van der Waals surface area contributed by atoms with E-state index in [1.54, 1.807) is 6.07 Å². The van der Waals surface area contributed by atoms with Gasteiger partial charge in [0.25, 0.3) is 11.7 Å². The molecule has 0 bridgehead atoms. The molecule has 78 valence electrons. The van der Waals surface area contributed by atoms with Gasteiger partial charge in [-0.3, -0.25) is 4.79 Å². The number of alkyl halides is 2. The van der Waals surface area contributed by atoms with Gasteiger partial charge in [0, 0.05) is 0 Å². The topological polar surface area (TPSA) is 53.8 Å². The first-order valence-corrected chi connectivity index (χ1v) is 4.24. The highest BCUT2D eigenvalue weighted by molar-refractivity contribution is 6.67. The van der Waals surface area contributed by atoms with E-state index in [0.29, 0.717) is 0 Å². The number of pyridine rings is 1. The van der Waals surface area contributed by atoms with Gasteiger partial charge in [-0.25, -0.2) is 13.8 Å². The molecule has 0 fully saturated rings. The number of aromatic nitrogens is 1. The molecule has 0 radical (unpaired) electrons. The molecular weight excluding hydrogens is 226 g/mol. The van der Waals surface area contributed by atoms with Crippen LogP contribution in [-0.2, 0) is 0 Å². The summed E-state index contributed by atoms with van der Waals surface area (Å²) in [7, 11) is 0. The molecule has 1 aromatic heterocycles. The van der Waals surface area contributed by atoms with Crippen LogP contribution in [0.25, 0.3) is 0 Å². The molecule has 0 aromatic carbocycles. The molecule has 0 aliphatic heterocycles. The van der Waals surface area contributed by atoms with Crippen molar-refractivity contribution < 1.29 is 13.6 Å². The SMILES string of the molecule is Cc1nc(C(F)F)c(C#N)cc1C(=O)Cl. The second-order valence-electron chi connectivity index (χ2n) is 2.74. The Morgan fingerprint density at radius 1 is 1.67 bits per heavy atom. The summed E-state index contributed by atoms with van der Waals surface area (Å²) < 4.78 is 24.8. The summed E-state index contributed by atoms with van der Waals surface area (Å²) in [5, 5.41) is 7.76. The highest BCUT2D eigenvalue weighted by Crippen LogP contribution is 2.23. The Balaban J connectivity index is 3.44. The Bertz CT molecular complexity index is 454. The highest BCUT2D eigenvalue weighted by Gasteiger charge is 2.19. The lowest BCUT2D eigenvalue weighted by atomic mass is 10.1. The van der Waals surface area contributed by atoms with Crippen LogP contribution in [0.3, 0.4) is 0 Å². The van der Waals surface area contributed by atoms with Crippen LogP contribution in [0.2, 0.25) is 0 Å². The van der Waals surface area contributed by atoms with Gasteiger partial charge in [-0.1, -0.05) is 0 Å². The Kier molecular flexibility index (Phi) is 3.32. The zero-order valence-electron chi connectivity index (χ0n) is 7.59. The van der Waals surface area contributed by atoms with Crippen LogP contribution >= 0.6 is 11.6 Å². The summed E-state index contributed by atoms with van der Waals surface area (Å²) in [6.45, 7) is 1.38. The molecule has 0 N–H and O–H groups in total. The molecule has 3 nitrogen and oxygen atoms in total. The average molecular weight is 231 g/mol. The molecule has 0 aliphatic rings. The van der Waals surface area contributed by atoms with Gasteiger partial charge in [0.2, 0.25) is 0 Å². The van der Waals surface area contributed by atoms with Crippen LogP contribution in [0.5, 0.6) is 0 Å². The van der Waals surface area contributed by atoms with Crippen molar-refractivity contribution in [2.24, 2.45) is 0 Å². The summed E-state index contributed by atoms with van der Waals surface area (Å²) in [6.07, 6.45) is -2.85. The molecule has 0 amide bonds. The van der Waals surface area contributed by atoms with Crippen LogP contribution < -0.4 is 0 Å². The van der Waals surface area contributed by atoms with Crippen molar-refractivity contribution in [3.63, 3.8) is 0 Å². The fourth-order valence-electron chi connectivity index (χ4n) is 1.08. The second-order valence-corrected chi connectivity index (χ2v) is 3.08. The Hall–Kier alpha value is -1.54. The first-order valence-electron chi connectivity index (χ1n) is 3.87. The average Bonchev–Trinajstić information content (AvgIpc) is 2.16. The zero-order valence-corrected chi connectivity index (χ0v) is 8.35. The van der Waals surface area contributed by atoms with Gasteiger partial charge in [-0.05, 0) is 24.6 Å². The van der Waals surface area contributed by atoms with Crippen molar-refractivity contribution in [3.8, 4) is 6.07 Å². The van der Waals surface area contributed by atoms with Crippen molar-refractivity contribution >= 4 is 16.8 Å².